The largest absolute Gasteiger partial charge is 0.453 e. The van der Waals surface area contributed by atoms with E-state index in [-0.39, 0.29) is 5.75 Å². The number of carbonyl (C=O) groups is 1. The molecule has 3 rings (SSSR count). The molecular weight excluding hydrogens is 382 g/mol. The van der Waals surface area contributed by atoms with Crippen molar-refractivity contribution in [3.05, 3.63) is 59.3 Å². The van der Waals surface area contributed by atoms with Crippen molar-refractivity contribution in [1.29, 1.82) is 0 Å². The molecule has 0 bridgehead atoms. The van der Waals surface area contributed by atoms with Gasteiger partial charge in [-0.2, -0.15) is 18.7 Å². The predicted octanol–water partition coefficient (Wildman–Crippen LogP) is 4.01. The number of ether oxygens (including phenoxy) is 2. The van der Waals surface area contributed by atoms with Crippen molar-refractivity contribution in [2.45, 2.75) is 27.0 Å². The molecule has 0 spiro atoms. The molecule has 1 heterocycles. The number of nitrogens with one attached hydrogen (secondary N) is 1. The molecule has 1 N–H and O–H groups in total. The summed E-state index contributed by atoms with van der Waals surface area (Å²) >= 11 is 0. The molecule has 2 aromatic carbocycles. The minimum absolute atomic E-state index is 0.0925. The molecule has 0 aliphatic carbocycles. The summed E-state index contributed by atoms with van der Waals surface area (Å²) in [6.07, 6.45) is 1.09. The zero-order chi connectivity index (χ0) is 21.0. The Bertz CT molecular complexity index is 1020. The molecule has 0 saturated heterocycles. The molecule has 3 aromatic rings. The lowest BCUT2D eigenvalue weighted by atomic mass is 10.1. The van der Waals surface area contributed by atoms with E-state index in [4.69, 9.17) is 0 Å². The Kier molecular flexibility index (Phi) is 6.06. The molecule has 0 saturated carbocycles. The number of hydrogen-bond donors (Lipinski definition) is 1. The molecule has 0 fully saturated rings. The number of methoxy groups -OCH3 is 1. The molecule has 1 amide bonds. The molecule has 0 aliphatic rings. The Balaban J connectivity index is 1.84. The van der Waals surface area contributed by atoms with Crippen LogP contribution in [0.5, 0.6) is 5.75 Å². The second-order valence-corrected chi connectivity index (χ2v) is 6.33. The molecule has 152 valence electrons. The third kappa shape index (κ3) is 4.87. The van der Waals surface area contributed by atoms with Gasteiger partial charge in [-0.15, -0.1) is 5.10 Å². The SMILES string of the molecule is COC(=O)NCc1cc(-n2ncc(-c3ccc(OC(F)F)cc3C)n2)ccc1C. The predicted molar refractivity (Wildman–Crippen MR) is 102 cm³/mol. The number of alkyl halides is 2. The Morgan fingerprint density at radius 2 is 1.97 bits per heavy atom. The maximum absolute atomic E-state index is 12.4. The highest BCUT2D eigenvalue weighted by molar-refractivity contribution is 5.67. The quantitative estimate of drug-likeness (QED) is 0.674. The lowest BCUT2D eigenvalue weighted by Gasteiger charge is -2.09. The molecule has 7 nitrogen and oxygen atoms in total. The van der Waals surface area contributed by atoms with Crippen molar-refractivity contribution in [3.8, 4) is 22.7 Å². The zero-order valence-corrected chi connectivity index (χ0v) is 16.1. The zero-order valence-electron chi connectivity index (χ0n) is 16.1. The Labute approximate surface area is 166 Å². The van der Waals surface area contributed by atoms with Crippen molar-refractivity contribution >= 4 is 6.09 Å². The smallest absolute Gasteiger partial charge is 0.407 e. The summed E-state index contributed by atoms with van der Waals surface area (Å²) in [7, 11) is 1.31. The van der Waals surface area contributed by atoms with Gasteiger partial charge in [0.05, 0.1) is 19.0 Å². The third-order valence-corrected chi connectivity index (χ3v) is 4.36. The van der Waals surface area contributed by atoms with Gasteiger partial charge in [0, 0.05) is 12.1 Å². The standard InChI is InChI=1S/C20H20F2N4O3/c1-12-4-5-15(9-14(12)10-23-20(27)28-3)26-24-11-18(25-26)17-7-6-16(8-13(17)2)29-19(21)22/h4-9,11,19H,10H2,1-3H3,(H,23,27). The van der Waals surface area contributed by atoms with E-state index in [9.17, 15) is 13.6 Å². The Morgan fingerprint density at radius 3 is 2.66 bits per heavy atom. The van der Waals surface area contributed by atoms with Crippen molar-refractivity contribution in [3.63, 3.8) is 0 Å². The van der Waals surface area contributed by atoms with E-state index in [1.165, 1.54) is 24.0 Å². The summed E-state index contributed by atoms with van der Waals surface area (Å²) in [6, 6.07) is 10.3. The highest BCUT2D eigenvalue weighted by Gasteiger charge is 2.12. The van der Waals surface area contributed by atoms with Crippen molar-refractivity contribution in [2.24, 2.45) is 0 Å². The number of aromatic nitrogens is 3. The molecule has 0 aliphatic heterocycles. The topological polar surface area (TPSA) is 78.3 Å². The van der Waals surface area contributed by atoms with E-state index in [1.807, 2.05) is 25.1 Å². The summed E-state index contributed by atoms with van der Waals surface area (Å²) in [5.74, 6) is 0.0925. The van der Waals surface area contributed by atoms with Crippen molar-refractivity contribution < 1.29 is 23.0 Å². The van der Waals surface area contributed by atoms with Gasteiger partial charge in [-0.1, -0.05) is 6.07 Å². The summed E-state index contributed by atoms with van der Waals surface area (Å²) in [6.45, 7) is 1.16. The average molecular weight is 402 g/mol. The van der Waals surface area contributed by atoms with Crippen LogP contribution in [0.15, 0.2) is 42.6 Å². The van der Waals surface area contributed by atoms with Crippen LogP contribution in [0.4, 0.5) is 13.6 Å². The highest BCUT2D eigenvalue weighted by atomic mass is 19.3. The normalized spacial score (nSPS) is 10.8. The van der Waals surface area contributed by atoms with Gasteiger partial charge in [0.15, 0.2) is 0 Å². The molecule has 0 unspecified atom stereocenters. The lowest BCUT2D eigenvalue weighted by molar-refractivity contribution is -0.0498. The fraction of sp³-hybridized carbons (Fsp3) is 0.250. The second kappa shape index (κ2) is 8.68. The number of benzene rings is 2. The van der Waals surface area contributed by atoms with Crippen LogP contribution in [0.25, 0.3) is 16.9 Å². The molecule has 9 heteroatoms. The summed E-state index contributed by atoms with van der Waals surface area (Å²) in [5.41, 5.74) is 4.72. The van der Waals surface area contributed by atoms with Crippen LogP contribution in [-0.2, 0) is 11.3 Å². The molecule has 29 heavy (non-hydrogen) atoms. The van der Waals surface area contributed by atoms with Gasteiger partial charge in [0.1, 0.15) is 11.4 Å². The number of alkyl carbamates (subject to hydrolysis) is 1. The fourth-order valence-corrected chi connectivity index (χ4v) is 2.82. The number of carbonyl (C=O) groups excluding carboxylic acids is 1. The van der Waals surface area contributed by atoms with Gasteiger partial charge in [-0.25, -0.2) is 4.79 Å². The van der Waals surface area contributed by atoms with Crippen LogP contribution in [0.3, 0.4) is 0 Å². The summed E-state index contributed by atoms with van der Waals surface area (Å²) in [5, 5.41) is 11.4. The van der Waals surface area contributed by atoms with Crippen LogP contribution >= 0.6 is 0 Å². The van der Waals surface area contributed by atoms with Gasteiger partial charge in [0.2, 0.25) is 0 Å². The van der Waals surface area contributed by atoms with Crippen molar-refractivity contribution in [1.82, 2.24) is 20.3 Å². The molecule has 0 radical (unpaired) electrons. The molecular formula is C20H20F2N4O3. The Hall–Kier alpha value is -3.49. The number of halogens is 2. The first-order chi connectivity index (χ1) is 13.9. The van der Waals surface area contributed by atoms with Crippen LogP contribution in [0.1, 0.15) is 16.7 Å². The monoisotopic (exact) mass is 402 g/mol. The van der Waals surface area contributed by atoms with Crippen LogP contribution in [0.2, 0.25) is 0 Å². The maximum Gasteiger partial charge on any atom is 0.407 e. The fourth-order valence-electron chi connectivity index (χ4n) is 2.82. The van der Waals surface area contributed by atoms with Gasteiger partial charge >= 0.3 is 12.7 Å². The number of nitrogens with zero attached hydrogens (tertiary/aromatic N) is 3. The second-order valence-electron chi connectivity index (χ2n) is 6.33. The van der Waals surface area contributed by atoms with Crippen LogP contribution < -0.4 is 10.1 Å². The van der Waals surface area contributed by atoms with Crippen LogP contribution in [-0.4, -0.2) is 34.8 Å². The lowest BCUT2D eigenvalue weighted by Crippen LogP contribution is -2.22. The van der Waals surface area contributed by atoms with E-state index >= 15 is 0 Å². The summed E-state index contributed by atoms with van der Waals surface area (Å²) < 4.78 is 33.7. The third-order valence-electron chi connectivity index (χ3n) is 4.36. The summed E-state index contributed by atoms with van der Waals surface area (Å²) in [4.78, 5) is 12.8. The number of aryl methyl sites for hydroxylation is 2. The highest BCUT2D eigenvalue weighted by Crippen LogP contribution is 2.26. The Morgan fingerprint density at radius 1 is 1.17 bits per heavy atom. The number of rotatable bonds is 6. The minimum atomic E-state index is -2.87. The van der Waals surface area contributed by atoms with E-state index in [2.05, 4.69) is 25.0 Å². The number of hydrogen-bond acceptors (Lipinski definition) is 5. The first kappa shape index (κ1) is 20.2. The number of amides is 1. The first-order valence-corrected chi connectivity index (χ1v) is 8.77. The average Bonchev–Trinajstić information content (AvgIpc) is 3.16. The van der Waals surface area contributed by atoms with E-state index in [0.717, 1.165) is 27.9 Å². The molecule has 1 aromatic heterocycles. The van der Waals surface area contributed by atoms with Gasteiger partial charge < -0.3 is 14.8 Å². The van der Waals surface area contributed by atoms with Gasteiger partial charge in [0.25, 0.3) is 0 Å². The maximum atomic E-state index is 12.4. The molecule has 0 atom stereocenters. The van der Waals surface area contributed by atoms with Crippen LogP contribution in [0, 0.1) is 13.8 Å². The van der Waals surface area contributed by atoms with E-state index < -0.39 is 12.7 Å². The van der Waals surface area contributed by atoms with Gasteiger partial charge in [-0.05, 0) is 60.9 Å². The van der Waals surface area contributed by atoms with Gasteiger partial charge in [-0.3, -0.25) is 0 Å². The van der Waals surface area contributed by atoms with Crippen molar-refractivity contribution in [2.75, 3.05) is 7.11 Å². The first-order valence-electron chi connectivity index (χ1n) is 8.77. The van der Waals surface area contributed by atoms with E-state index in [1.54, 1.807) is 19.2 Å². The van der Waals surface area contributed by atoms with E-state index in [0.29, 0.717) is 12.2 Å². The minimum Gasteiger partial charge on any atom is -0.453 e.